The Morgan fingerprint density at radius 3 is 2.39 bits per heavy atom. The van der Waals surface area contributed by atoms with Crippen LogP contribution in [0.1, 0.15) is 6.42 Å². The van der Waals surface area contributed by atoms with Crippen LogP contribution in [0.15, 0.2) is 12.7 Å². The lowest BCUT2D eigenvalue weighted by Crippen LogP contribution is -2.43. The van der Waals surface area contributed by atoms with Crippen LogP contribution in [0.5, 0.6) is 0 Å². The lowest BCUT2D eigenvalue weighted by molar-refractivity contribution is -0.128. The Kier molecular flexibility index (Phi) is 8.80. The van der Waals surface area contributed by atoms with Crippen LogP contribution in [0, 0.1) is 0 Å². The van der Waals surface area contributed by atoms with E-state index in [2.05, 4.69) is 11.9 Å². The molecule has 0 rings (SSSR count). The highest BCUT2D eigenvalue weighted by atomic mass is 28.4. The van der Waals surface area contributed by atoms with Gasteiger partial charge in [-0.15, -0.1) is 0 Å². The van der Waals surface area contributed by atoms with Gasteiger partial charge in [0.05, 0.1) is 0 Å². The number of aliphatic hydroxyl groups excluding tert-OH is 1. The molecule has 0 aromatic carbocycles. The maximum Gasteiger partial charge on any atom is 0.500 e. The number of amides is 1. The van der Waals surface area contributed by atoms with Gasteiger partial charge in [0, 0.05) is 33.8 Å². The number of hydrogen-bond donors (Lipinski definition) is 2. The van der Waals surface area contributed by atoms with Crippen LogP contribution in [-0.4, -0.2) is 54.2 Å². The van der Waals surface area contributed by atoms with Gasteiger partial charge in [-0.1, -0.05) is 6.58 Å². The van der Waals surface area contributed by atoms with Gasteiger partial charge in [-0.05, 0) is 6.08 Å². The van der Waals surface area contributed by atoms with Crippen LogP contribution in [0.4, 0.5) is 0 Å². The molecule has 0 aliphatic carbocycles. The summed E-state index contributed by atoms with van der Waals surface area (Å²) in [6, 6.07) is 0.410. The van der Waals surface area contributed by atoms with Gasteiger partial charge in [-0.2, -0.15) is 0 Å². The predicted molar refractivity (Wildman–Crippen MR) is 66.5 cm³/mol. The van der Waals surface area contributed by atoms with Gasteiger partial charge in [-0.3, -0.25) is 4.79 Å². The third-order valence-corrected chi connectivity index (χ3v) is 5.11. The molecule has 0 spiro atoms. The minimum atomic E-state index is -2.69. The van der Waals surface area contributed by atoms with Crippen LogP contribution in [0.2, 0.25) is 6.04 Å². The van der Waals surface area contributed by atoms with Crippen molar-refractivity contribution in [1.82, 2.24) is 5.32 Å². The quantitative estimate of drug-likeness (QED) is 0.328. The molecule has 1 amide bonds. The predicted octanol–water partition coefficient (Wildman–Crippen LogP) is -0.151. The van der Waals surface area contributed by atoms with E-state index in [1.165, 1.54) is 21.3 Å². The molecule has 0 saturated carbocycles. The van der Waals surface area contributed by atoms with E-state index in [1.54, 1.807) is 0 Å². The average molecular weight is 279 g/mol. The number of carbonyl (C=O) groups is 1. The summed E-state index contributed by atoms with van der Waals surface area (Å²) < 4.78 is 20.5. The smallest absolute Gasteiger partial charge is 0.377 e. The molecular weight excluding hydrogens is 258 g/mol. The molecule has 1 atom stereocenters. The second-order valence-corrected chi connectivity index (χ2v) is 6.44. The van der Waals surface area contributed by atoms with Gasteiger partial charge in [0.15, 0.2) is 6.29 Å². The summed E-state index contributed by atoms with van der Waals surface area (Å²) in [5.41, 5.74) is 0. The largest absolute Gasteiger partial charge is 0.500 e. The van der Waals surface area contributed by atoms with Gasteiger partial charge in [-0.25, -0.2) is 0 Å². The SMILES string of the molecule is C=CC(=O)NCOC(O)CC[Si](OC)(OC)OC. The summed E-state index contributed by atoms with van der Waals surface area (Å²) in [6.45, 7) is 3.20. The normalized spacial score (nSPS) is 13.1. The molecule has 0 aliphatic heterocycles. The van der Waals surface area contributed by atoms with Crippen molar-refractivity contribution in [3.8, 4) is 0 Å². The van der Waals surface area contributed by atoms with E-state index in [-0.39, 0.29) is 19.1 Å². The van der Waals surface area contributed by atoms with Crippen molar-refractivity contribution in [2.24, 2.45) is 0 Å². The van der Waals surface area contributed by atoms with Crippen LogP contribution in [0.25, 0.3) is 0 Å². The molecule has 106 valence electrons. The highest BCUT2D eigenvalue weighted by Gasteiger charge is 2.37. The highest BCUT2D eigenvalue weighted by molar-refractivity contribution is 6.60. The molecule has 18 heavy (non-hydrogen) atoms. The summed E-state index contributed by atoms with van der Waals surface area (Å²) in [7, 11) is 1.80. The summed E-state index contributed by atoms with van der Waals surface area (Å²) in [4.78, 5) is 10.8. The van der Waals surface area contributed by atoms with E-state index < -0.39 is 15.1 Å². The number of nitrogens with one attached hydrogen (secondary N) is 1. The Morgan fingerprint density at radius 1 is 1.39 bits per heavy atom. The minimum absolute atomic E-state index is 0.0898. The van der Waals surface area contributed by atoms with Gasteiger partial charge in [0.25, 0.3) is 0 Å². The fourth-order valence-corrected chi connectivity index (χ4v) is 2.93. The van der Waals surface area contributed by atoms with Crippen molar-refractivity contribution in [2.75, 3.05) is 28.1 Å². The molecule has 0 radical (unpaired) electrons. The molecule has 7 nitrogen and oxygen atoms in total. The number of ether oxygens (including phenoxy) is 1. The Hall–Kier alpha value is -0.773. The lowest BCUT2D eigenvalue weighted by atomic mass is 10.5. The topological polar surface area (TPSA) is 86.3 Å². The standard InChI is InChI=1S/C10H21NO6Si/c1-5-9(12)11-8-17-10(13)6-7-18(14-2,15-3)16-4/h5,10,13H,1,6-8H2,2-4H3,(H,11,12). The fraction of sp³-hybridized carbons (Fsp3) is 0.700. The second-order valence-electron chi connectivity index (χ2n) is 3.34. The molecule has 0 saturated heterocycles. The van der Waals surface area contributed by atoms with E-state index in [9.17, 15) is 9.90 Å². The van der Waals surface area contributed by atoms with Crippen molar-refractivity contribution in [1.29, 1.82) is 0 Å². The molecule has 2 N–H and O–H groups in total. The molecule has 8 heteroatoms. The van der Waals surface area contributed by atoms with Crippen LogP contribution >= 0.6 is 0 Å². The van der Waals surface area contributed by atoms with E-state index >= 15 is 0 Å². The number of aliphatic hydroxyl groups is 1. The first-order chi connectivity index (χ1) is 8.53. The zero-order chi connectivity index (χ0) is 14.0. The van der Waals surface area contributed by atoms with Gasteiger partial charge in [0.2, 0.25) is 5.91 Å². The fourth-order valence-electron chi connectivity index (χ4n) is 1.22. The van der Waals surface area contributed by atoms with Crippen molar-refractivity contribution in [3.63, 3.8) is 0 Å². The van der Waals surface area contributed by atoms with Crippen molar-refractivity contribution in [3.05, 3.63) is 12.7 Å². The summed E-state index contributed by atoms with van der Waals surface area (Å²) >= 11 is 0. The Bertz CT molecular complexity index is 250. The van der Waals surface area contributed by atoms with Gasteiger partial charge in [0.1, 0.15) is 6.73 Å². The van der Waals surface area contributed by atoms with Crippen molar-refractivity contribution < 1.29 is 27.9 Å². The Morgan fingerprint density at radius 2 is 1.94 bits per heavy atom. The maximum atomic E-state index is 10.8. The van der Waals surface area contributed by atoms with Crippen LogP contribution in [-0.2, 0) is 22.8 Å². The number of carbonyl (C=O) groups excluding carboxylic acids is 1. The lowest BCUT2D eigenvalue weighted by Gasteiger charge is -2.25. The molecule has 0 bridgehead atoms. The van der Waals surface area contributed by atoms with Gasteiger partial charge < -0.3 is 28.4 Å². The van der Waals surface area contributed by atoms with Crippen molar-refractivity contribution >= 4 is 14.7 Å². The summed E-state index contributed by atoms with van der Waals surface area (Å²) in [5.74, 6) is -0.364. The Labute approximate surface area is 108 Å². The third-order valence-electron chi connectivity index (χ3n) is 2.34. The molecule has 0 aliphatic rings. The van der Waals surface area contributed by atoms with E-state index in [0.717, 1.165) is 6.08 Å². The third kappa shape index (κ3) is 6.24. The van der Waals surface area contributed by atoms with E-state index in [1.807, 2.05) is 0 Å². The minimum Gasteiger partial charge on any atom is -0.377 e. The highest BCUT2D eigenvalue weighted by Crippen LogP contribution is 2.16. The molecule has 0 heterocycles. The monoisotopic (exact) mass is 279 g/mol. The van der Waals surface area contributed by atoms with E-state index in [4.69, 9.17) is 18.0 Å². The zero-order valence-corrected chi connectivity index (χ0v) is 12.0. The molecule has 1 unspecified atom stereocenters. The molecule has 0 fully saturated rings. The number of rotatable bonds is 10. The first-order valence-corrected chi connectivity index (χ1v) is 7.32. The van der Waals surface area contributed by atoms with Gasteiger partial charge >= 0.3 is 8.80 Å². The van der Waals surface area contributed by atoms with Crippen molar-refractivity contribution in [2.45, 2.75) is 18.8 Å². The first kappa shape index (κ1) is 17.2. The number of hydrogen-bond acceptors (Lipinski definition) is 6. The zero-order valence-electron chi connectivity index (χ0n) is 11.0. The maximum absolute atomic E-state index is 10.8. The Balaban J connectivity index is 3.91. The van der Waals surface area contributed by atoms with E-state index in [0.29, 0.717) is 6.04 Å². The summed E-state index contributed by atoms with van der Waals surface area (Å²) in [6.07, 6.45) is 0.377. The first-order valence-electron chi connectivity index (χ1n) is 5.39. The second kappa shape index (κ2) is 9.20. The van der Waals surface area contributed by atoms with Crippen LogP contribution in [0.3, 0.4) is 0 Å². The molecule has 0 aromatic rings. The summed E-state index contributed by atoms with van der Waals surface area (Å²) in [5, 5.41) is 11.9. The average Bonchev–Trinajstić information content (AvgIpc) is 2.40. The molecular formula is C10H21NO6Si. The molecule has 0 aromatic heterocycles. The van der Waals surface area contributed by atoms with Crippen LogP contribution < -0.4 is 5.32 Å².